The fraction of sp³-hybridized carbons (Fsp3) is 0.118. The third-order valence-corrected chi connectivity index (χ3v) is 5.46. The molecule has 0 unspecified atom stereocenters. The average molecular weight is 454 g/mol. The number of hydrogen-bond donors (Lipinski definition) is 2. The third kappa shape index (κ3) is 4.06. The van der Waals surface area contributed by atoms with Gasteiger partial charge in [-0.1, -0.05) is 12.1 Å². The molecule has 0 amide bonds. The highest BCUT2D eigenvalue weighted by Crippen LogP contribution is 2.37. The molecule has 12 heteroatoms. The Labute approximate surface area is 168 Å². The average Bonchev–Trinajstić information content (AvgIpc) is 3.08. The van der Waals surface area contributed by atoms with Gasteiger partial charge in [0.15, 0.2) is 0 Å². The van der Waals surface area contributed by atoms with Crippen LogP contribution in [0, 0.1) is 5.82 Å². The molecule has 3 rings (SSSR count). The van der Waals surface area contributed by atoms with E-state index in [0.717, 1.165) is 12.1 Å². The number of rotatable bonds is 5. The summed E-state index contributed by atoms with van der Waals surface area (Å²) in [6.45, 7) is 0. The van der Waals surface area contributed by atoms with Crippen molar-refractivity contribution < 1.29 is 30.4 Å². The lowest BCUT2D eigenvalue weighted by Crippen LogP contribution is -2.37. The quantitative estimate of drug-likeness (QED) is 0.439. The fourth-order valence-electron chi connectivity index (χ4n) is 2.40. The van der Waals surface area contributed by atoms with E-state index >= 15 is 0 Å². The highest BCUT2D eigenvalue weighted by Gasteiger charge is 2.56. The molecule has 0 fully saturated rings. The van der Waals surface area contributed by atoms with E-state index in [0.29, 0.717) is 5.69 Å². The van der Waals surface area contributed by atoms with E-state index in [9.17, 15) is 30.4 Å². The molecule has 1 heterocycles. The molecule has 0 bridgehead atoms. The minimum absolute atomic E-state index is 0. The molecule has 0 radical (unpaired) electrons. The molecule has 1 aromatic heterocycles. The number of aromatic amines is 1. The van der Waals surface area contributed by atoms with Crippen molar-refractivity contribution >= 4 is 27.9 Å². The second-order valence-electron chi connectivity index (χ2n) is 5.76. The zero-order chi connectivity index (χ0) is 20.7. The lowest BCUT2D eigenvalue weighted by atomic mass is 10.0. The first-order valence-corrected chi connectivity index (χ1v) is 9.15. The summed E-state index contributed by atoms with van der Waals surface area (Å²) in [7, 11) is -5.82. The van der Waals surface area contributed by atoms with E-state index in [1.54, 1.807) is 0 Å². The molecule has 2 aromatic carbocycles. The van der Waals surface area contributed by atoms with Crippen LogP contribution >= 0.6 is 12.4 Å². The van der Waals surface area contributed by atoms with Crippen molar-refractivity contribution in [3.63, 3.8) is 0 Å². The highest BCUT2D eigenvalue weighted by atomic mass is 35.5. The van der Waals surface area contributed by atoms with Crippen LogP contribution in [0.2, 0.25) is 0 Å². The largest absolute Gasteiger partial charge is 0.411 e. The van der Waals surface area contributed by atoms with Gasteiger partial charge in [0, 0.05) is 16.8 Å². The molecule has 0 saturated heterocycles. The number of nitrogens with one attached hydrogen (secondary N) is 1. The van der Waals surface area contributed by atoms with Gasteiger partial charge < -0.3 is 10.7 Å². The molecule has 29 heavy (non-hydrogen) atoms. The van der Waals surface area contributed by atoms with Crippen molar-refractivity contribution in [2.24, 2.45) is 0 Å². The minimum Gasteiger partial charge on any atom is -0.399 e. The first kappa shape index (κ1) is 22.6. The molecule has 3 aromatic rings. The zero-order valence-electron chi connectivity index (χ0n) is 14.2. The van der Waals surface area contributed by atoms with Crippen LogP contribution in [0.4, 0.5) is 27.6 Å². The van der Waals surface area contributed by atoms with Crippen LogP contribution in [0.3, 0.4) is 0 Å². The van der Waals surface area contributed by atoms with E-state index in [4.69, 9.17) is 5.73 Å². The summed E-state index contributed by atoms with van der Waals surface area (Å²) in [6, 6.07) is 10.4. The monoisotopic (exact) mass is 453 g/mol. The Morgan fingerprint density at radius 3 is 2.00 bits per heavy atom. The van der Waals surface area contributed by atoms with Gasteiger partial charge >= 0.3 is 11.7 Å². The minimum atomic E-state index is -5.82. The number of nitrogens with two attached hydrogens (primary N) is 1. The van der Waals surface area contributed by atoms with Crippen LogP contribution in [-0.2, 0) is 9.84 Å². The summed E-state index contributed by atoms with van der Waals surface area (Å²) in [5.74, 6) is -0.589. The Hall–Kier alpha value is -2.66. The highest BCUT2D eigenvalue weighted by molar-refractivity contribution is 7.92. The number of anilines is 1. The maximum atomic E-state index is 13.6. The maximum absolute atomic E-state index is 13.6. The predicted molar refractivity (Wildman–Crippen MR) is 99.2 cm³/mol. The van der Waals surface area contributed by atoms with Gasteiger partial charge in [0.25, 0.3) is 9.84 Å². The van der Waals surface area contributed by atoms with E-state index in [1.165, 1.54) is 36.4 Å². The molecule has 156 valence electrons. The number of H-pyrrole nitrogens is 1. The van der Waals surface area contributed by atoms with E-state index in [-0.39, 0.29) is 34.9 Å². The molecule has 0 aliphatic carbocycles. The zero-order valence-corrected chi connectivity index (χ0v) is 15.9. The number of halogens is 6. The maximum Gasteiger partial charge on any atom is 0.411 e. The Balaban J connectivity index is 0.00000300. The van der Waals surface area contributed by atoms with Gasteiger partial charge in [0.1, 0.15) is 5.82 Å². The van der Waals surface area contributed by atoms with Gasteiger partial charge in [-0.3, -0.25) is 0 Å². The van der Waals surface area contributed by atoms with E-state index in [2.05, 4.69) is 9.97 Å². The second kappa shape index (κ2) is 7.99. The smallest absolute Gasteiger partial charge is 0.399 e. The van der Waals surface area contributed by atoms with Crippen molar-refractivity contribution in [1.29, 1.82) is 0 Å². The lowest BCUT2D eigenvalue weighted by Gasteiger charge is -2.13. The van der Waals surface area contributed by atoms with Crippen molar-refractivity contribution in [2.45, 2.75) is 16.8 Å². The van der Waals surface area contributed by atoms with Crippen molar-refractivity contribution in [3.05, 3.63) is 54.3 Å². The third-order valence-electron chi connectivity index (χ3n) is 3.87. The number of hydrogen-bond acceptors (Lipinski definition) is 4. The molecule has 0 aliphatic rings. The number of benzene rings is 2. The van der Waals surface area contributed by atoms with Crippen LogP contribution in [0.25, 0.3) is 22.5 Å². The fourth-order valence-corrected chi connectivity index (χ4v) is 3.34. The standard InChI is InChI=1S/C17H12F5N3O2S.ClH/c18-11-5-1-9(2-6-11)13-14(10-3-7-12(23)8-4-10)25-16(24-13)28(26,27)17(21,22)15(19)20;/h1-8,15H,23H2,(H,24,25);1H. The summed E-state index contributed by atoms with van der Waals surface area (Å²) in [5, 5.41) is -6.67. The SMILES string of the molecule is Cl.Nc1ccc(-c2nc(S(=O)(=O)C(F)(F)C(F)F)[nH]c2-c2ccc(F)cc2)cc1. The molecule has 0 aliphatic heterocycles. The van der Waals surface area contributed by atoms with Gasteiger partial charge in [-0.05, 0) is 36.4 Å². The van der Waals surface area contributed by atoms with Gasteiger partial charge in [-0.15, -0.1) is 12.4 Å². The molecule has 0 spiro atoms. The summed E-state index contributed by atoms with van der Waals surface area (Å²) in [6.07, 6.45) is -4.45. The van der Waals surface area contributed by atoms with Crippen LogP contribution in [0.1, 0.15) is 0 Å². The lowest BCUT2D eigenvalue weighted by molar-refractivity contribution is -0.0639. The topological polar surface area (TPSA) is 88.8 Å². The van der Waals surface area contributed by atoms with E-state index < -0.39 is 32.5 Å². The molecular weight excluding hydrogens is 441 g/mol. The molecule has 0 atom stereocenters. The number of aromatic nitrogens is 2. The number of imidazole rings is 1. The summed E-state index contributed by atoms with van der Waals surface area (Å²) in [4.78, 5) is 5.80. The van der Waals surface area contributed by atoms with Crippen LogP contribution in [0.5, 0.6) is 0 Å². The van der Waals surface area contributed by atoms with Crippen LogP contribution in [0.15, 0.2) is 53.7 Å². The Morgan fingerprint density at radius 1 is 0.966 bits per heavy atom. The summed E-state index contributed by atoms with van der Waals surface area (Å²) < 4.78 is 89.7. The summed E-state index contributed by atoms with van der Waals surface area (Å²) in [5.41, 5.74) is 6.29. The Bertz CT molecular complexity index is 1040. The number of alkyl halides is 4. The first-order chi connectivity index (χ1) is 13.0. The van der Waals surface area contributed by atoms with Crippen molar-refractivity contribution in [1.82, 2.24) is 9.97 Å². The van der Waals surface area contributed by atoms with Crippen molar-refractivity contribution in [2.75, 3.05) is 5.73 Å². The number of nitrogens with zero attached hydrogens (tertiary/aromatic N) is 1. The van der Waals surface area contributed by atoms with Gasteiger partial charge in [-0.2, -0.15) is 8.78 Å². The normalized spacial score (nSPS) is 12.1. The van der Waals surface area contributed by atoms with Crippen LogP contribution in [-0.4, -0.2) is 30.1 Å². The molecule has 5 nitrogen and oxygen atoms in total. The molecule has 0 saturated carbocycles. The number of nitrogen functional groups attached to an aromatic ring is 1. The van der Waals surface area contributed by atoms with Gasteiger partial charge in [0.2, 0.25) is 5.16 Å². The molecule has 3 N–H and O–H groups in total. The second-order valence-corrected chi connectivity index (χ2v) is 7.70. The van der Waals surface area contributed by atoms with E-state index in [1.807, 2.05) is 0 Å². The van der Waals surface area contributed by atoms with Gasteiger partial charge in [0.05, 0.1) is 11.4 Å². The molecular formula is C17H13ClF5N3O2S. The first-order valence-electron chi connectivity index (χ1n) is 7.66. The Kier molecular flexibility index (Phi) is 6.24. The van der Waals surface area contributed by atoms with Gasteiger partial charge in [-0.25, -0.2) is 26.6 Å². The van der Waals surface area contributed by atoms with Crippen molar-refractivity contribution in [3.8, 4) is 22.5 Å². The Morgan fingerprint density at radius 2 is 1.48 bits per heavy atom. The summed E-state index contributed by atoms with van der Waals surface area (Å²) >= 11 is 0. The predicted octanol–water partition coefficient (Wildman–Crippen LogP) is 4.52. The van der Waals surface area contributed by atoms with Crippen LogP contribution < -0.4 is 5.73 Å². The number of sulfone groups is 1.